The number of likely N-dealkylation sites (tertiary alicyclic amines) is 1. The van der Waals surface area contributed by atoms with E-state index in [1.807, 2.05) is 24.3 Å². The Labute approximate surface area is 175 Å². The second kappa shape index (κ2) is 10.4. The summed E-state index contributed by atoms with van der Waals surface area (Å²) in [7, 11) is 0. The third kappa shape index (κ3) is 6.84. The fourth-order valence-electron chi connectivity index (χ4n) is 3.41. The highest BCUT2D eigenvalue weighted by molar-refractivity contribution is 6.30. The maximum Gasteiger partial charge on any atom is 0.251 e. The van der Waals surface area contributed by atoms with Crippen LogP contribution >= 0.6 is 11.6 Å². The minimum absolute atomic E-state index is 0.120. The van der Waals surface area contributed by atoms with Crippen LogP contribution in [0.1, 0.15) is 28.8 Å². The molecule has 1 aliphatic rings. The molecular formula is C22H25ClFN3O2. The predicted molar refractivity (Wildman–Crippen MR) is 111 cm³/mol. The lowest BCUT2D eigenvalue weighted by molar-refractivity contribution is -0.120. The highest BCUT2D eigenvalue weighted by atomic mass is 35.5. The molecule has 3 rings (SSSR count). The quantitative estimate of drug-likeness (QED) is 0.727. The summed E-state index contributed by atoms with van der Waals surface area (Å²) in [5.74, 6) is -0.752. The average molecular weight is 418 g/mol. The molecule has 2 N–H and O–H groups in total. The molecule has 1 fully saturated rings. The SMILES string of the molecule is O=C(CNC(=O)c1cccc(F)c1)NCC1CCN(Cc2ccc(Cl)cc2)CC1. The Kier molecular flexibility index (Phi) is 7.61. The van der Waals surface area contributed by atoms with Crippen molar-refractivity contribution in [2.75, 3.05) is 26.2 Å². The molecule has 5 nitrogen and oxygen atoms in total. The van der Waals surface area contributed by atoms with Gasteiger partial charge in [0.05, 0.1) is 6.54 Å². The molecule has 7 heteroatoms. The molecular weight excluding hydrogens is 393 g/mol. The molecule has 2 aromatic rings. The van der Waals surface area contributed by atoms with E-state index in [0.29, 0.717) is 12.5 Å². The van der Waals surface area contributed by atoms with E-state index in [4.69, 9.17) is 11.6 Å². The Morgan fingerprint density at radius 3 is 2.48 bits per heavy atom. The lowest BCUT2D eigenvalue weighted by Gasteiger charge is -2.32. The van der Waals surface area contributed by atoms with Gasteiger partial charge >= 0.3 is 0 Å². The molecule has 29 heavy (non-hydrogen) atoms. The molecule has 0 aliphatic carbocycles. The van der Waals surface area contributed by atoms with E-state index in [2.05, 4.69) is 15.5 Å². The highest BCUT2D eigenvalue weighted by Crippen LogP contribution is 2.19. The average Bonchev–Trinajstić information content (AvgIpc) is 2.73. The first-order chi connectivity index (χ1) is 14.0. The highest BCUT2D eigenvalue weighted by Gasteiger charge is 2.20. The van der Waals surface area contributed by atoms with Crippen molar-refractivity contribution in [3.8, 4) is 0 Å². The van der Waals surface area contributed by atoms with E-state index in [9.17, 15) is 14.0 Å². The first kappa shape index (κ1) is 21.3. The van der Waals surface area contributed by atoms with Crippen LogP contribution < -0.4 is 10.6 Å². The number of amides is 2. The molecule has 0 radical (unpaired) electrons. The van der Waals surface area contributed by atoms with Gasteiger partial charge < -0.3 is 10.6 Å². The maximum atomic E-state index is 13.2. The number of nitrogens with zero attached hydrogens (tertiary/aromatic N) is 1. The molecule has 0 bridgehead atoms. The predicted octanol–water partition coefficient (Wildman–Crippen LogP) is 3.24. The standard InChI is InChI=1S/C22H25ClFN3O2/c23-19-6-4-17(5-7-19)15-27-10-8-16(9-11-27)13-25-21(28)14-26-22(29)18-2-1-3-20(24)12-18/h1-7,12,16H,8-11,13-15H2,(H,25,28)(H,26,29). The number of benzene rings is 2. The Bertz CT molecular complexity index is 836. The van der Waals surface area contributed by atoms with E-state index < -0.39 is 11.7 Å². The van der Waals surface area contributed by atoms with Crippen LogP contribution in [0.15, 0.2) is 48.5 Å². The molecule has 2 amide bonds. The molecule has 154 valence electrons. The van der Waals surface area contributed by atoms with Gasteiger partial charge in [-0.15, -0.1) is 0 Å². The molecule has 0 saturated carbocycles. The fraction of sp³-hybridized carbons (Fsp3) is 0.364. The van der Waals surface area contributed by atoms with Crippen molar-refractivity contribution in [2.24, 2.45) is 5.92 Å². The number of nitrogens with one attached hydrogen (secondary N) is 2. The van der Waals surface area contributed by atoms with Gasteiger partial charge in [-0.1, -0.05) is 29.8 Å². The summed E-state index contributed by atoms with van der Waals surface area (Å²) >= 11 is 5.92. The number of hydrogen-bond donors (Lipinski definition) is 2. The molecule has 0 unspecified atom stereocenters. The minimum atomic E-state index is -0.482. The summed E-state index contributed by atoms with van der Waals surface area (Å²) in [5, 5.41) is 6.14. The van der Waals surface area contributed by atoms with Crippen molar-refractivity contribution in [2.45, 2.75) is 19.4 Å². The van der Waals surface area contributed by atoms with Gasteiger partial charge in [0.2, 0.25) is 5.91 Å². The lowest BCUT2D eigenvalue weighted by atomic mass is 9.96. The van der Waals surface area contributed by atoms with Gasteiger partial charge in [0.1, 0.15) is 5.82 Å². The first-order valence-electron chi connectivity index (χ1n) is 9.77. The molecule has 0 atom stereocenters. The zero-order valence-electron chi connectivity index (χ0n) is 16.2. The second-order valence-electron chi connectivity index (χ2n) is 7.34. The molecule has 1 saturated heterocycles. The zero-order valence-corrected chi connectivity index (χ0v) is 16.9. The van der Waals surface area contributed by atoms with Crippen molar-refractivity contribution in [1.82, 2.24) is 15.5 Å². The summed E-state index contributed by atoms with van der Waals surface area (Å²) in [4.78, 5) is 26.3. The van der Waals surface area contributed by atoms with E-state index in [-0.39, 0.29) is 18.0 Å². The van der Waals surface area contributed by atoms with Gasteiger partial charge in [-0.05, 0) is 67.7 Å². The van der Waals surface area contributed by atoms with Crippen LogP contribution in [0.2, 0.25) is 5.02 Å². The van der Waals surface area contributed by atoms with Crippen LogP contribution in [-0.4, -0.2) is 42.9 Å². The van der Waals surface area contributed by atoms with Gasteiger partial charge in [-0.2, -0.15) is 0 Å². The Morgan fingerprint density at radius 1 is 1.07 bits per heavy atom. The van der Waals surface area contributed by atoms with E-state index >= 15 is 0 Å². The summed E-state index contributed by atoms with van der Waals surface area (Å²) < 4.78 is 13.2. The zero-order chi connectivity index (χ0) is 20.6. The number of halogens is 2. The Balaban J connectivity index is 1.33. The first-order valence-corrected chi connectivity index (χ1v) is 10.1. The minimum Gasteiger partial charge on any atom is -0.354 e. The largest absolute Gasteiger partial charge is 0.354 e. The third-order valence-electron chi connectivity index (χ3n) is 5.11. The monoisotopic (exact) mass is 417 g/mol. The van der Waals surface area contributed by atoms with Crippen molar-refractivity contribution in [3.05, 3.63) is 70.5 Å². The summed E-state index contributed by atoms with van der Waals surface area (Å²) in [5.41, 5.74) is 1.45. The van der Waals surface area contributed by atoms with E-state index in [0.717, 1.165) is 43.6 Å². The molecule has 2 aromatic carbocycles. The maximum absolute atomic E-state index is 13.2. The third-order valence-corrected chi connectivity index (χ3v) is 5.36. The van der Waals surface area contributed by atoms with Gasteiger partial charge in [-0.3, -0.25) is 14.5 Å². The van der Waals surface area contributed by atoms with Crippen LogP contribution in [0.3, 0.4) is 0 Å². The number of carbonyl (C=O) groups excluding carboxylic acids is 2. The topological polar surface area (TPSA) is 61.4 Å². The normalized spacial score (nSPS) is 15.1. The van der Waals surface area contributed by atoms with Crippen LogP contribution in [-0.2, 0) is 11.3 Å². The van der Waals surface area contributed by atoms with Crippen molar-refractivity contribution < 1.29 is 14.0 Å². The summed E-state index contributed by atoms with van der Waals surface area (Å²) in [6, 6.07) is 13.3. The van der Waals surface area contributed by atoms with Gasteiger partial charge in [0.15, 0.2) is 0 Å². The van der Waals surface area contributed by atoms with E-state index in [1.165, 1.54) is 23.8 Å². The van der Waals surface area contributed by atoms with Crippen molar-refractivity contribution >= 4 is 23.4 Å². The fourth-order valence-corrected chi connectivity index (χ4v) is 3.54. The Hall–Kier alpha value is -2.44. The van der Waals surface area contributed by atoms with Gasteiger partial charge in [0, 0.05) is 23.7 Å². The number of rotatable bonds is 7. The van der Waals surface area contributed by atoms with Gasteiger partial charge in [-0.25, -0.2) is 4.39 Å². The number of piperidine rings is 1. The Morgan fingerprint density at radius 2 is 1.79 bits per heavy atom. The van der Waals surface area contributed by atoms with Crippen LogP contribution in [0.4, 0.5) is 4.39 Å². The number of carbonyl (C=O) groups is 2. The van der Waals surface area contributed by atoms with Crippen LogP contribution in [0.5, 0.6) is 0 Å². The van der Waals surface area contributed by atoms with Crippen LogP contribution in [0, 0.1) is 11.7 Å². The smallest absolute Gasteiger partial charge is 0.251 e. The number of hydrogen-bond acceptors (Lipinski definition) is 3. The van der Waals surface area contributed by atoms with Crippen molar-refractivity contribution in [1.29, 1.82) is 0 Å². The second-order valence-corrected chi connectivity index (χ2v) is 7.78. The molecule has 1 aliphatic heterocycles. The summed E-state index contributed by atoms with van der Waals surface area (Å²) in [6.45, 7) is 3.36. The van der Waals surface area contributed by atoms with Gasteiger partial charge in [0.25, 0.3) is 5.91 Å². The molecule has 1 heterocycles. The molecule has 0 spiro atoms. The van der Waals surface area contributed by atoms with Crippen LogP contribution in [0.25, 0.3) is 0 Å². The summed E-state index contributed by atoms with van der Waals surface area (Å²) in [6.07, 6.45) is 2.03. The van der Waals surface area contributed by atoms with E-state index in [1.54, 1.807) is 0 Å². The van der Waals surface area contributed by atoms with Crippen molar-refractivity contribution in [3.63, 3.8) is 0 Å². The molecule has 0 aromatic heterocycles. The lowest BCUT2D eigenvalue weighted by Crippen LogP contribution is -2.41.